The monoisotopic (exact) mass is 340 g/mol. The number of amides is 2. The topological polar surface area (TPSA) is 49.4 Å². The first-order valence-electron chi connectivity index (χ1n) is 7.94. The van der Waals surface area contributed by atoms with Gasteiger partial charge in [-0.05, 0) is 17.7 Å². The molecule has 1 heterocycles. The maximum absolute atomic E-state index is 12.5. The van der Waals surface area contributed by atoms with Crippen molar-refractivity contribution in [3.05, 3.63) is 60.2 Å². The number of carbonyl (C=O) groups is 2. The van der Waals surface area contributed by atoms with Gasteiger partial charge in [0, 0.05) is 30.7 Å². The molecule has 0 aliphatic carbocycles. The summed E-state index contributed by atoms with van der Waals surface area (Å²) in [6.07, 6.45) is 0.232. The molecule has 0 radical (unpaired) electrons. The molecule has 3 rings (SSSR count). The van der Waals surface area contributed by atoms with E-state index in [1.807, 2.05) is 54.6 Å². The minimum Gasteiger partial charge on any atom is -0.341 e. The Kier molecular flexibility index (Phi) is 5.20. The van der Waals surface area contributed by atoms with E-state index in [4.69, 9.17) is 0 Å². The van der Waals surface area contributed by atoms with Crippen molar-refractivity contribution in [3.8, 4) is 0 Å². The van der Waals surface area contributed by atoms with Crippen molar-refractivity contribution in [2.75, 3.05) is 18.1 Å². The Balaban J connectivity index is 1.61. The molecule has 0 unspecified atom stereocenters. The van der Waals surface area contributed by atoms with Crippen molar-refractivity contribution < 1.29 is 9.59 Å². The molecule has 0 spiro atoms. The molecule has 24 heavy (non-hydrogen) atoms. The second kappa shape index (κ2) is 7.53. The van der Waals surface area contributed by atoms with Gasteiger partial charge in [0.1, 0.15) is 0 Å². The fourth-order valence-corrected chi connectivity index (χ4v) is 3.76. The summed E-state index contributed by atoms with van der Waals surface area (Å²) in [4.78, 5) is 27.6. The molecular weight excluding hydrogens is 320 g/mol. The summed E-state index contributed by atoms with van der Waals surface area (Å²) in [5.41, 5.74) is 1.92. The number of hydrogen-bond donors (Lipinski definition) is 1. The Morgan fingerprint density at radius 1 is 1.17 bits per heavy atom. The van der Waals surface area contributed by atoms with E-state index in [1.54, 1.807) is 23.7 Å². The summed E-state index contributed by atoms with van der Waals surface area (Å²) in [6, 6.07) is 17.6. The van der Waals surface area contributed by atoms with Crippen molar-refractivity contribution in [1.82, 2.24) is 4.90 Å². The summed E-state index contributed by atoms with van der Waals surface area (Å²) in [7, 11) is 1.78. The van der Waals surface area contributed by atoms with Crippen LogP contribution in [0.4, 0.5) is 5.69 Å². The smallest absolute Gasteiger partial charge is 0.228 e. The second-order valence-corrected chi connectivity index (χ2v) is 6.99. The van der Waals surface area contributed by atoms with Crippen LogP contribution in [0.15, 0.2) is 59.5 Å². The number of para-hydroxylation sites is 1. The quantitative estimate of drug-likeness (QED) is 0.928. The van der Waals surface area contributed by atoms with Crippen molar-refractivity contribution in [2.45, 2.75) is 17.9 Å². The molecule has 0 saturated carbocycles. The minimum atomic E-state index is -0.312. The Morgan fingerprint density at radius 3 is 2.67 bits per heavy atom. The lowest BCUT2D eigenvalue weighted by Gasteiger charge is -2.20. The van der Waals surface area contributed by atoms with Gasteiger partial charge < -0.3 is 10.2 Å². The van der Waals surface area contributed by atoms with Crippen LogP contribution in [-0.2, 0) is 16.1 Å². The van der Waals surface area contributed by atoms with E-state index in [1.165, 1.54) is 0 Å². The average molecular weight is 340 g/mol. The summed E-state index contributed by atoms with van der Waals surface area (Å²) in [5, 5.41) is 2.94. The fourth-order valence-electron chi connectivity index (χ4n) is 2.66. The van der Waals surface area contributed by atoms with E-state index in [-0.39, 0.29) is 24.2 Å². The van der Waals surface area contributed by atoms with E-state index < -0.39 is 0 Å². The molecule has 5 heteroatoms. The molecule has 1 aliphatic rings. The van der Waals surface area contributed by atoms with Crippen LogP contribution < -0.4 is 5.32 Å². The average Bonchev–Trinajstić information content (AvgIpc) is 2.75. The van der Waals surface area contributed by atoms with Gasteiger partial charge in [-0.2, -0.15) is 0 Å². The first-order chi connectivity index (χ1) is 11.6. The van der Waals surface area contributed by atoms with Gasteiger partial charge in [-0.15, -0.1) is 11.8 Å². The van der Waals surface area contributed by atoms with Crippen LogP contribution >= 0.6 is 11.8 Å². The van der Waals surface area contributed by atoms with E-state index in [0.717, 1.165) is 16.1 Å². The van der Waals surface area contributed by atoms with Crippen LogP contribution in [0.1, 0.15) is 12.0 Å². The van der Waals surface area contributed by atoms with Crippen LogP contribution in [0.3, 0.4) is 0 Å². The molecular formula is C19H20N2O2S. The molecule has 4 nitrogen and oxygen atoms in total. The van der Waals surface area contributed by atoms with Crippen LogP contribution in [0.5, 0.6) is 0 Å². The molecule has 1 aliphatic heterocycles. The van der Waals surface area contributed by atoms with Gasteiger partial charge in [0.2, 0.25) is 11.8 Å². The molecule has 0 fully saturated rings. The van der Waals surface area contributed by atoms with Crippen molar-refractivity contribution >= 4 is 29.3 Å². The van der Waals surface area contributed by atoms with Crippen molar-refractivity contribution in [2.24, 2.45) is 5.92 Å². The third kappa shape index (κ3) is 3.97. The Bertz CT molecular complexity index is 733. The summed E-state index contributed by atoms with van der Waals surface area (Å²) >= 11 is 1.63. The molecule has 2 amide bonds. The van der Waals surface area contributed by atoms with Gasteiger partial charge in [0.05, 0.1) is 11.6 Å². The van der Waals surface area contributed by atoms with Gasteiger partial charge in [0.25, 0.3) is 0 Å². The van der Waals surface area contributed by atoms with Crippen LogP contribution in [-0.4, -0.2) is 29.5 Å². The first kappa shape index (κ1) is 16.6. The predicted octanol–water partition coefficient (Wildman–Crippen LogP) is 3.40. The molecule has 124 valence electrons. The zero-order chi connectivity index (χ0) is 16.9. The number of fused-ring (bicyclic) bond motifs is 1. The van der Waals surface area contributed by atoms with Crippen LogP contribution in [0.2, 0.25) is 0 Å². The molecule has 0 saturated heterocycles. The number of hydrogen-bond acceptors (Lipinski definition) is 3. The third-order valence-electron chi connectivity index (χ3n) is 4.07. The second-order valence-electron chi connectivity index (χ2n) is 5.93. The first-order valence-corrected chi connectivity index (χ1v) is 8.92. The van der Waals surface area contributed by atoms with Crippen LogP contribution in [0, 0.1) is 5.92 Å². The summed E-state index contributed by atoms with van der Waals surface area (Å²) in [5.74, 6) is 0.223. The fraction of sp³-hybridized carbons (Fsp3) is 0.263. The highest BCUT2D eigenvalue weighted by molar-refractivity contribution is 7.99. The van der Waals surface area contributed by atoms with Crippen molar-refractivity contribution in [3.63, 3.8) is 0 Å². The number of nitrogens with one attached hydrogen (secondary N) is 1. The Labute approximate surface area is 146 Å². The molecule has 0 bridgehead atoms. The lowest BCUT2D eigenvalue weighted by molar-refractivity contribution is -0.133. The van der Waals surface area contributed by atoms with Gasteiger partial charge >= 0.3 is 0 Å². The number of carbonyl (C=O) groups excluding carboxylic acids is 2. The van der Waals surface area contributed by atoms with E-state index in [0.29, 0.717) is 12.3 Å². The lowest BCUT2D eigenvalue weighted by atomic mass is 10.1. The Hall–Kier alpha value is -2.27. The third-order valence-corrected chi connectivity index (χ3v) is 5.30. The van der Waals surface area contributed by atoms with Gasteiger partial charge in [-0.25, -0.2) is 0 Å². The van der Waals surface area contributed by atoms with Crippen LogP contribution in [0.25, 0.3) is 0 Å². The van der Waals surface area contributed by atoms with Gasteiger partial charge in [-0.3, -0.25) is 9.59 Å². The Morgan fingerprint density at radius 2 is 1.88 bits per heavy atom. The zero-order valence-corrected chi connectivity index (χ0v) is 14.4. The number of anilines is 1. The molecule has 0 aromatic heterocycles. The summed E-state index contributed by atoms with van der Waals surface area (Å²) in [6.45, 7) is 0.557. The van der Waals surface area contributed by atoms with Crippen molar-refractivity contribution in [1.29, 1.82) is 0 Å². The van der Waals surface area contributed by atoms with E-state index in [2.05, 4.69) is 5.32 Å². The molecule has 1 N–H and O–H groups in total. The minimum absolute atomic E-state index is 0.00874. The maximum Gasteiger partial charge on any atom is 0.228 e. The van der Waals surface area contributed by atoms with E-state index >= 15 is 0 Å². The maximum atomic E-state index is 12.5. The molecule has 1 atom stereocenters. The van der Waals surface area contributed by atoms with Gasteiger partial charge in [-0.1, -0.05) is 42.5 Å². The standard InChI is InChI=1S/C19H20N2O2S/c1-21(12-14-7-3-2-4-8-14)18(22)11-15-13-24-17-10-6-5-9-16(17)20-19(15)23/h2-10,15H,11-13H2,1H3,(H,20,23)/t15-/m1/s1. The highest BCUT2D eigenvalue weighted by atomic mass is 32.2. The number of nitrogens with zero attached hydrogens (tertiary/aromatic N) is 1. The largest absolute Gasteiger partial charge is 0.341 e. The zero-order valence-electron chi connectivity index (χ0n) is 13.6. The lowest BCUT2D eigenvalue weighted by Crippen LogP contribution is -2.32. The molecule has 2 aromatic rings. The van der Waals surface area contributed by atoms with Gasteiger partial charge in [0.15, 0.2) is 0 Å². The van der Waals surface area contributed by atoms with E-state index in [9.17, 15) is 9.59 Å². The molecule has 2 aromatic carbocycles. The highest BCUT2D eigenvalue weighted by Gasteiger charge is 2.27. The predicted molar refractivity (Wildman–Crippen MR) is 96.8 cm³/mol. The number of rotatable bonds is 4. The number of thioether (sulfide) groups is 1. The summed E-state index contributed by atoms with van der Waals surface area (Å²) < 4.78 is 0. The highest BCUT2D eigenvalue weighted by Crippen LogP contribution is 2.33. The SMILES string of the molecule is CN(Cc1ccccc1)C(=O)C[C@@H]1CSc2ccccc2NC1=O. The normalized spacial score (nSPS) is 16.7. The number of benzene rings is 2.